The van der Waals surface area contributed by atoms with E-state index < -0.39 is 0 Å². The van der Waals surface area contributed by atoms with Crippen LogP contribution >= 0.6 is 0 Å². The minimum absolute atomic E-state index is 0.0538. The van der Waals surface area contributed by atoms with Crippen molar-refractivity contribution in [3.05, 3.63) is 454 Å². The Kier molecular flexibility index (Phi) is 22.7. The van der Waals surface area contributed by atoms with Gasteiger partial charge in [-0.15, -0.1) is 29.9 Å². The molecule has 706 valence electrons. The van der Waals surface area contributed by atoms with Gasteiger partial charge in [-0.3, -0.25) is 39.2 Å². The van der Waals surface area contributed by atoms with E-state index >= 15 is 0 Å². The molecule has 0 fully saturated rings. The highest BCUT2D eigenvalue weighted by atomic mass is 15.4. The number of nitrogens with zero attached hydrogens (tertiary/aromatic N) is 30. The van der Waals surface area contributed by atoms with E-state index in [9.17, 15) is 0 Å². The summed E-state index contributed by atoms with van der Waals surface area (Å²) in [7, 11) is 0. The molecule has 4 aliphatic heterocycles. The van der Waals surface area contributed by atoms with Crippen molar-refractivity contribution in [1.29, 1.82) is 0 Å². The van der Waals surface area contributed by atoms with Gasteiger partial charge in [-0.2, -0.15) is 0 Å². The molecule has 0 bridgehead atoms. The van der Waals surface area contributed by atoms with Crippen molar-refractivity contribution >= 4 is 250 Å². The lowest BCUT2D eigenvalue weighted by Crippen LogP contribution is -2.29. The number of hydrogen-bond donors (Lipinski definition) is 0. The topological polar surface area (TPSA) is 258 Å². The summed E-state index contributed by atoms with van der Waals surface area (Å²) < 4.78 is 0. The van der Waals surface area contributed by atoms with Crippen LogP contribution in [0.3, 0.4) is 0 Å². The zero-order valence-electron chi connectivity index (χ0n) is 80.9. The van der Waals surface area contributed by atoms with Gasteiger partial charge in [0.25, 0.3) is 34.9 Å². The van der Waals surface area contributed by atoms with Crippen LogP contribution in [-0.2, 0) is 0 Å². The normalized spacial score (nSPS) is 12.2. The van der Waals surface area contributed by atoms with Crippen molar-refractivity contribution < 1.29 is 0 Å². The molecular formula is C120H76N30. The SMILES string of the molecule is Cc1nc2c(nc1C)N(c1ccccc1)c1nc(C)c(C)nc1N2c1ccccc1.[C-]#[N+]c1nc2c(nc1[N+]#[C-])N(c1ccc(C)cc1)c1nc3ccccc3nc1N2c1ccc(C)cc1.[C-]#[N+]c1nc2c(nc1[N+]#[C-])N(c1ccc3ccccc3c1)c1nc3ccccc3nc1N2c1ccc2ccccc2c1.[C-]#[N+]c1nc2c(nc1[N+]#[C-])N(c1cccc3ccccc13)c1nc3ccccc3nc1N2c1cccc2ccccc12. The van der Waals surface area contributed by atoms with E-state index in [1.54, 1.807) is 0 Å². The minimum atomic E-state index is -0.0657. The molecule has 27 rings (SSSR count). The first-order chi connectivity index (χ1) is 73.6. The van der Waals surface area contributed by atoms with Crippen molar-refractivity contribution in [1.82, 2.24) is 79.7 Å². The number of fused-ring (bicyclic) bond motifs is 15. The fourth-order valence-corrected chi connectivity index (χ4v) is 18.9. The average Bonchev–Trinajstić information content (AvgIpc) is 0.872. The van der Waals surface area contributed by atoms with Crippen LogP contribution in [0, 0.1) is 81.0 Å². The number of hydrogen-bond acceptors (Lipinski definition) is 24. The fraction of sp³-hybridized carbons (Fsp3) is 0.0500. The maximum atomic E-state index is 7.80. The maximum Gasteiger partial charge on any atom is 0.300 e. The van der Waals surface area contributed by atoms with Gasteiger partial charge in [0.2, 0.25) is 0 Å². The molecule has 12 heterocycles. The highest BCUT2D eigenvalue weighted by molar-refractivity contribution is 6.11. The van der Waals surface area contributed by atoms with Crippen LogP contribution in [0.5, 0.6) is 0 Å². The number of aromatic nitrogens is 16. The summed E-state index contributed by atoms with van der Waals surface area (Å²) in [6.45, 7) is 58.3. The van der Waals surface area contributed by atoms with Crippen LogP contribution in [-0.4, -0.2) is 79.7 Å². The van der Waals surface area contributed by atoms with Crippen LogP contribution < -0.4 is 39.2 Å². The maximum absolute atomic E-state index is 7.80. The molecule has 0 N–H and O–H groups in total. The lowest BCUT2D eigenvalue weighted by Gasteiger charge is -2.37. The molecule has 0 atom stereocenters. The largest absolute Gasteiger partial charge is 0.370 e. The number of para-hydroxylation sites is 8. The first kappa shape index (κ1) is 90.6. The Morgan fingerprint density at radius 2 is 0.360 bits per heavy atom. The average molecular weight is 1940 g/mol. The van der Waals surface area contributed by atoms with E-state index in [0.29, 0.717) is 69.8 Å². The van der Waals surface area contributed by atoms with Crippen molar-refractivity contribution in [2.75, 3.05) is 39.2 Å². The Morgan fingerprint density at radius 3 is 0.640 bits per heavy atom. The molecule has 0 aliphatic carbocycles. The molecule has 0 saturated heterocycles. The minimum Gasteiger partial charge on any atom is -0.370 e. The monoisotopic (exact) mass is 1940 g/mol. The molecule has 0 unspecified atom stereocenters. The van der Waals surface area contributed by atoms with Crippen LogP contribution in [0.15, 0.2) is 352 Å². The zero-order valence-corrected chi connectivity index (χ0v) is 80.9. The third kappa shape index (κ3) is 15.8. The molecule has 0 radical (unpaired) electrons. The van der Waals surface area contributed by atoms with Gasteiger partial charge in [-0.1, -0.05) is 281 Å². The van der Waals surface area contributed by atoms with Crippen LogP contribution in [0.1, 0.15) is 33.9 Å². The van der Waals surface area contributed by atoms with E-state index in [1.807, 2.05) is 338 Å². The van der Waals surface area contributed by atoms with E-state index in [0.717, 1.165) is 179 Å². The molecule has 30 nitrogen and oxygen atoms in total. The highest BCUT2D eigenvalue weighted by Gasteiger charge is 2.47. The number of aryl methyl sites for hydroxylation is 6. The summed E-state index contributed by atoms with van der Waals surface area (Å²) in [5, 5.41) is 8.31. The van der Waals surface area contributed by atoms with Gasteiger partial charge in [-0.05, 0) is 195 Å². The first-order valence-electron chi connectivity index (χ1n) is 47.7. The quantitative estimate of drug-likeness (QED) is 0.128. The lowest BCUT2D eigenvalue weighted by molar-refractivity contribution is 0.928. The molecule has 15 aromatic carbocycles. The highest BCUT2D eigenvalue weighted by Crippen LogP contribution is 2.60. The predicted octanol–water partition coefficient (Wildman–Crippen LogP) is 31.3. The summed E-state index contributed by atoms with van der Waals surface area (Å²) in [6, 6.07) is 116. The Bertz CT molecular complexity index is 9180. The number of anilines is 24. The van der Waals surface area contributed by atoms with E-state index in [2.05, 4.69) is 134 Å². The van der Waals surface area contributed by atoms with Gasteiger partial charge in [0, 0.05) is 22.1 Å². The summed E-state index contributed by atoms with van der Waals surface area (Å²) in [5.41, 5.74) is 16.9. The third-order valence-corrected chi connectivity index (χ3v) is 26.3. The second-order valence-corrected chi connectivity index (χ2v) is 35.5. The third-order valence-electron chi connectivity index (χ3n) is 26.3. The summed E-state index contributed by atoms with van der Waals surface area (Å²) >= 11 is 0. The van der Waals surface area contributed by atoms with Crippen molar-refractivity contribution in [2.45, 2.75) is 41.5 Å². The van der Waals surface area contributed by atoms with Crippen LogP contribution in [0.2, 0.25) is 0 Å². The Hall–Kier alpha value is -21.9. The Balaban J connectivity index is 0.000000107. The standard InChI is InChI=1S/2C34H18N8.C28H18N8.C24H22N6/c1-35-29-30(36-2)40-34-33(39-29)41(27-19-9-13-21-11-3-5-15-23(21)27)31-32(38-26-18-8-7-17-25(26)37-31)42(34)28-20-10-14-22-12-4-6-16-24(22)28;1-35-29-30(36-2)40-34-33(39-29)41(25-17-15-21-9-3-5-11-23(21)19-25)31-32(38-28-14-8-7-13-27(28)37-31)42(34)26-18-16-22-10-4-6-12-24(22)20-26;1-17-9-13-19(14-10-17)35-25-26(32-22-8-6-5-7-21(22)31-25)36(20-15-11-18(2)12-16-20)28-27(35)33-23(29-3)24(30-4)34-28;1-15-16(2)26-22-21(25-15)29(19-11-7-5-8-12-19)23-24(28-18(4)17(3)27-23)30(22)20-13-9-6-10-14-20/h2*3-20H;5-16H,1-2H3;5-14H,1-4H3. The van der Waals surface area contributed by atoms with Gasteiger partial charge in [0.15, 0.2) is 58.2 Å². The van der Waals surface area contributed by atoms with E-state index in [4.69, 9.17) is 109 Å². The Labute approximate surface area is 859 Å². The smallest absolute Gasteiger partial charge is 0.300 e. The number of benzene rings is 15. The molecule has 23 aromatic rings. The molecular weight excluding hydrogens is 1860 g/mol. The van der Waals surface area contributed by atoms with Crippen LogP contribution in [0.4, 0.5) is 173 Å². The van der Waals surface area contributed by atoms with Crippen LogP contribution in [0.25, 0.3) is 105 Å². The molecule has 8 aromatic heterocycles. The first-order valence-corrected chi connectivity index (χ1v) is 47.7. The Morgan fingerprint density at radius 1 is 0.160 bits per heavy atom. The summed E-state index contributed by atoms with van der Waals surface area (Å²) in [4.78, 5) is 115. The number of rotatable bonds is 8. The molecule has 30 heteroatoms. The van der Waals surface area contributed by atoms with Crippen molar-refractivity contribution in [2.24, 2.45) is 0 Å². The zero-order chi connectivity index (χ0) is 102. The second-order valence-electron chi connectivity index (χ2n) is 35.5. The molecule has 0 spiro atoms. The van der Waals surface area contributed by atoms with Crippen molar-refractivity contribution in [3.8, 4) is 0 Å². The van der Waals surface area contributed by atoms with Gasteiger partial charge < -0.3 is 29.1 Å². The van der Waals surface area contributed by atoms with Gasteiger partial charge >= 0.3 is 34.9 Å². The van der Waals surface area contributed by atoms with E-state index in [1.165, 1.54) is 0 Å². The molecule has 4 aliphatic rings. The van der Waals surface area contributed by atoms with Gasteiger partial charge in [0.05, 0.1) is 90.0 Å². The predicted molar refractivity (Wildman–Crippen MR) is 591 cm³/mol. The van der Waals surface area contributed by atoms with Gasteiger partial charge in [0.1, 0.15) is 0 Å². The summed E-state index contributed by atoms with van der Waals surface area (Å²) in [6.07, 6.45) is 0. The molecule has 0 saturated carbocycles. The summed E-state index contributed by atoms with van der Waals surface area (Å²) in [5.74, 6) is 8.35. The molecule has 0 amide bonds. The van der Waals surface area contributed by atoms with Gasteiger partial charge in [-0.25, -0.2) is 49.8 Å². The second kappa shape index (κ2) is 37.5. The van der Waals surface area contributed by atoms with E-state index in [-0.39, 0.29) is 34.9 Å². The van der Waals surface area contributed by atoms with Crippen molar-refractivity contribution in [3.63, 3.8) is 0 Å². The lowest BCUT2D eigenvalue weighted by atomic mass is 10.1. The fourth-order valence-electron chi connectivity index (χ4n) is 18.9. The molecule has 150 heavy (non-hydrogen) atoms.